The van der Waals surface area contributed by atoms with Gasteiger partial charge >= 0.3 is 0 Å². The second kappa shape index (κ2) is 6.60. The van der Waals surface area contributed by atoms with Gasteiger partial charge in [-0.15, -0.1) is 0 Å². The summed E-state index contributed by atoms with van der Waals surface area (Å²) in [6.45, 7) is 1.96. The molecule has 0 aromatic heterocycles. The number of hydrogen-bond acceptors (Lipinski definition) is 3. The number of sulfonamides is 1. The van der Waals surface area contributed by atoms with Gasteiger partial charge in [0.2, 0.25) is 10.0 Å². The Hall–Kier alpha value is -0.500. The molecule has 18 heavy (non-hydrogen) atoms. The molecule has 0 spiro atoms. The lowest BCUT2D eigenvalue weighted by atomic mass is 10.2. The molecule has 0 aliphatic carbocycles. The molecule has 0 saturated carbocycles. The van der Waals surface area contributed by atoms with E-state index in [9.17, 15) is 17.9 Å². The van der Waals surface area contributed by atoms with Crippen LogP contribution in [0.25, 0.3) is 0 Å². The van der Waals surface area contributed by atoms with Crippen LogP contribution in [0.2, 0.25) is 0 Å². The fourth-order valence-corrected chi connectivity index (χ4v) is 2.90. The molecule has 1 atom stereocenters. The average molecular weight is 340 g/mol. The number of benzene rings is 1. The minimum Gasteiger partial charge on any atom is -0.393 e. The van der Waals surface area contributed by atoms with Crippen molar-refractivity contribution < 1.29 is 17.9 Å². The first-order valence-electron chi connectivity index (χ1n) is 5.49. The first kappa shape index (κ1) is 15.6. The molecule has 1 unspecified atom stereocenters. The zero-order chi connectivity index (χ0) is 13.8. The highest BCUT2D eigenvalue weighted by Gasteiger charge is 2.15. The predicted octanol–water partition coefficient (Wildman–Crippen LogP) is 2.03. The van der Waals surface area contributed by atoms with Gasteiger partial charge in [-0.25, -0.2) is 17.5 Å². The van der Waals surface area contributed by atoms with Crippen molar-refractivity contribution in [2.45, 2.75) is 30.8 Å². The lowest BCUT2D eigenvalue weighted by molar-refractivity contribution is 0.162. The van der Waals surface area contributed by atoms with Crippen LogP contribution < -0.4 is 4.72 Å². The Labute approximate surface area is 114 Å². The maximum atomic E-state index is 13.0. The van der Waals surface area contributed by atoms with Gasteiger partial charge in [0.05, 0.1) is 15.5 Å². The van der Waals surface area contributed by atoms with Crippen LogP contribution in [0.4, 0.5) is 4.39 Å². The summed E-state index contributed by atoms with van der Waals surface area (Å²) in [5.74, 6) is -0.518. The van der Waals surface area contributed by atoms with Crippen molar-refractivity contribution in [1.29, 1.82) is 0 Å². The van der Waals surface area contributed by atoms with Gasteiger partial charge in [-0.05, 0) is 47.0 Å². The molecule has 0 radical (unpaired) electrons. The van der Waals surface area contributed by atoms with Crippen molar-refractivity contribution in [3.8, 4) is 0 Å². The Bertz CT molecular complexity index is 507. The molecular formula is C11H15BrFNO3S. The Morgan fingerprint density at radius 3 is 2.72 bits per heavy atom. The minimum absolute atomic E-state index is 0.0123. The summed E-state index contributed by atoms with van der Waals surface area (Å²) in [7, 11) is -3.66. The number of nitrogens with one attached hydrogen (secondary N) is 1. The Kier molecular flexibility index (Phi) is 5.71. The van der Waals surface area contributed by atoms with E-state index >= 15 is 0 Å². The largest absolute Gasteiger partial charge is 0.393 e. The molecule has 0 aliphatic rings. The zero-order valence-corrected chi connectivity index (χ0v) is 12.3. The van der Waals surface area contributed by atoms with Crippen molar-refractivity contribution in [2.75, 3.05) is 6.54 Å². The third kappa shape index (κ3) is 4.31. The molecule has 0 bridgehead atoms. The minimum atomic E-state index is -3.66. The highest BCUT2D eigenvalue weighted by molar-refractivity contribution is 9.10. The van der Waals surface area contributed by atoms with E-state index in [2.05, 4.69) is 20.7 Å². The van der Waals surface area contributed by atoms with Crippen LogP contribution in [0.1, 0.15) is 19.8 Å². The monoisotopic (exact) mass is 339 g/mol. The molecule has 0 heterocycles. The summed E-state index contributed by atoms with van der Waals surface area (Å²) in [5.41, 5.74) is 0. The van der Waals surface area contributed by atoms with Crippen LogP contribution in [-0.2, 0) is 10.0 Å². The van der Waals surface area contributed by atoms with E-state index in [1.165, 1.54) is 12.1 Å². The first-order chi connectivity index (χ1) is 8.36. The second-order valence-corrected chi connectivity index (χ2v) is 6.45. The van der Waals surface area contributed by atoms with Gasteiger partial charge in [0.1, 0.15) is 5.82 Å². The highest BCUT2D eigenvalue weighted by atomic mass is 79.9. The standard InChI is InChI=1S/C11H15BrFNO3S/c1-2-8(15)5-6-14-18(16,17)9-3-4-11(13)10(12)7-9/h3-4,7-8,14-15H,2,5-6H2,1H3. The number of aliphatic hydroxyl groups excluding tert-OH is 1. The number of aliphatic hydroxyl groups is 1. The Morgan fingerprint density at radius 2 is 2.17 bits per heavy atom. The van der Waals surface area contributed by atoms with Crippen molar-refractivity contribution in [1.82, 2.24) is 4.72 Å². The normalized spacial score (nSPS) is 13.6. The Morgan fingerprint density at radius 1 is 1.50 bits per heavy atom. The van der Waals surface area contributed by atoms with Crippen LogP contribution >= 0.6 is 15.9 Å². The fraction of sp³-hybridized carbons (Fsp3) is 0.455. The molecular weight excluding hydrogens is 325 g/mol. The van der Waals surface area contributed by atoms with Gasteiger partial charge in [0.15, 0.2) is 0 Å². The van der Waals surface area contributed by atoms with E-state index in [1.807, 2.05) is 6.92 Å². The summed E-state index contributed by atoms with van der Waals surface area (Å²) in [6.07, 6.45) is 0.398. The molecule has 4 nitrogen and oxygen atoms in total. The van der Waals surface area contributed by atoms with Crippen LogP contribution in [0.5, 0.6) is 0 Å². The van der Waals surface area contributed by atoms with Gasteiger partial charge in [-0.2, -0.15) is 0 Å². The van der Waals surface area contributed by atoms with Crippen molar-refractivity contribution in [3.63, 3.8) is 0 Å². The molecule has 0 saturated heterocycles. The topological polar surface area (TPSA) is 66.4 Å². The van der Waals surface area contributed by atoms with Crippen molar-refractivity contribution in [3.05, 3.63) is 28.5 Å². The van der Waals surface area contributed by atoms with Gasteiger partial charge in [0, 0.05) is 6.54 Å². The SMILES string of the molecule is CCC(O)CCNS(=O)(=O)c1ccc(F)c(Br)c1. The van der Waals surface area contributed by atoms with E-state index in [0.29, 0.717) is 12.8 Å². The lowest BCUT2D eigenvalue weighted by Crippen LogP contribution is -2.27. The lowest BCUT2D eigenvalue weighted by Gasteiger charge is -2.10. The molecule has 1 aromatic rings. The fourth-order valence-electron chi connectivity index (χ4n) is 1.29. The third-order valence-corrected chi connectivity index (χ3v) is 4.51. The van der Waals surface area contributed by atoms with E-state index < -0.39 is 21.9 Å². The van der Waals surface area contributed by atoms with Crippen LogP contribution in [-0.4, -0.2) is 26.2 Å². The number of rotatable bonds is 6. The summed E-state index contributed by atoms with van der Waals surface area (Å²) < 4.78 is 39.1. The summed E-state index contributed by atoms with van der Waals surface area (Å²) in [5, 5.41) is 9.31. The quantitative estimate of drug-likeness (QED) is 0.833. The van der Waals surface area contributed by atoms with Crippen LogP contribution in [0.15, 0.2) is 27.6 Å². The zero-order valence-electron chi connectivity index (χ0n) is 9.86. The smallest absolute Gasteiger partial charge is 0.240 e. The molecule has 0 aliphatic heterocycles. The second-order valence-electron chi connectivity index (χ2n) is 3.82. The van der Waals surface area contributed by atoms with E-state index in [-0.39, 0.29) is 15.9 Å². The molecule has 0 amide bonds. The molecule has 1 aromatic carbocycles. The van der Waals surface area contributed by atoms with Crippen molar-refractivity contribution >= 4 is 26.0 Å². The van der Waals surface area contributed by atoms with Gasteiger partial charge in [-0.3, -0.25) is 0 Å². The van der Waals surface area contributed by atoms with Gasteiger partial charge < -0.3 is 5.11 Å². The number of hydrogen-bond donors (Lipinski definition) is 2. The first-order valence-corrected chi connectivity index (χ1v) is 7.77. The van der Waals surface area contributed by atoms with E-state index in [4.69, 9.17) is 0 Å². The Balaban J connectivity index is 2.71. The molecule has 1 rings (SSSR count). The van der Waals surface area contributed by atoms with Gasteiger partial charge in [0.25, 0.3) is 0 Å². The van der Waals surface area contributed by atoms with Gasteiger partial charge in [-0.1, -0.05) is 6.92 Å². The molecule has 7 heteroatoms. The third-order valence-electron chi connectivity index (χ3n) is 2.44. The van der Waals surface area contributed by atoms with E-state index in [1.54, 1.807) is 0 Å². The maximum absolute atomic E-state index is 13.0. The number of halogens is 2. The highest BCUT2D eigenvalue weighted by Crippen LogP contribution is 2.19. The molecule has 2 N–H and O–H groups in total. The average Bonchev–Trinajstić information content (AvgIpc) is 2.32. The van der Waals surface area contributed by atoms with E-state index in [0.717, 1.165) is 6.07 Å². The summed E-state index contributed by atoms with van der Waals surface area (Å²) in [6, 6.07) is 3.48. The summed E-state index contributed by atoms with van der Waals surface area (Å²) >= 11 is 2.93. The maximum Gasteiger partial charge on any atom is 0.240 e. The van der Waals surface area contributed by atoms with Crippen molar-refractivity contribution in [2.24, 2.45) is 0 Å². The molecule has 0 fully saturated rings. The van der Waals surface area contributed by atoms with Crippen LogP contribution in [0, 0.1) is 5.82 Å². The van der Waals surface area contributed by atoms with Crippen LogP contribution in [0.3, 0.4) is 0 Å². The predicted molar refractivity (Wildman–Crippen MR) is 70.2 cm³/mol. The molecule has 102 valence electrons. The summed E-state index contributed by atoms with van der Waals surface area (Å²) in [4.78, 5) is -0.0123.